The van der Waals surface area contributed by atoms with E-state index in [0.29, 0.717) is 39.3 Å². The second-order valence-electron chi connectivity index (χ2n) is 5.27. The number of nitrogens with zero attached hydrogens (tertiary/aromatic N) is 3. The van der Waals surface area contributed by atoms with Gasteiger partial charge in [-0.25, -0.2) is 4.79 Å². The van der Waals surface area contributed by atoms with Crippen LogP contribution in [0, 0.1) is 0 Å². The van der Waals surface area contributed by atoms with Crippen molar-refractivity contribution in [2.75, 3.05) is 45.9 Å². The summed E-state index contributed by atoms with van der Waals surface area (Å²) in [5.41, 5.74) is 0. The van der Waals surface area contributed by atoms with E-state index in [1.807, 2.05) is 13.8 Å². The summed E-state index contributed by atoms with van der Waals surface area (Å²) in [6.45, 7) is 7.29. The van der Waals surface area contributed by atoms with Crippen LogP contribution in [0.1, 0.15) is 20.3 Å². The zero-order chi connectivity index (χ0) is 15.1. The summed E-state index contributed by atoms with van der Waals surface area (Å²) >= 11 is 0. The largest absolute Gasteiger partial charge is 0.481 e. The molecule has 116 valence electrons. The molecule has 20 heavy (non-hydrogen) atoms. The van der Waals surface area contributed by atoms with Crippen LogP contribution < -0.4 is 0 Å². The minimum Gasteiger partial charge on any atom is -0.481 e. The van der Waals surface area contributed by atoms with Crippen LogP contribution in [0.25, 0.3) is 0 Å². The van der Waals surface area contributed by atoms with E-state index >= 15 is 0 Å². The fourth-order valence-electron chi connectivity index (χ4n) is 2.28. The summed E-state index contributed by atoms with van der Waals surface area (Å²) in [6.07, 6.45) is 0.135. The lowest BCUT2D eigenvalue weighted by Gasteiger charge is -2.38. The van der Waals surface area contributed by atoms with Crippen LogP contribution in [-0.2, 0) is 4.79 Å². The van der Waals surface area contributed by atoms with E-state index in [1.165, 1.54) is 0 Å². The number of aliphatic hydroxyl groups is 1. The van der Waals surface area contributed by atoms with E-state index < -0.39 is 5.97 Å². The first-order valence-corrected chi connectivity index (χ1v) is 7.06. The number of urea groups is 1. The Morgan fingerprint density at radius 2 is 1.80 bits per heavy atom. The Hall–Kier alpha value is -1.34. The SMILES string of the molecule is CC(C)N(CCO)C(=O)N1CCN(CCC(=O)O)CC1. The minimum atomic E-state index is -0.794. The summed E-state index contributed by atoms with van der Waals surface area (Å²) < 4.78 is 0. The van der Waals surface area contributed by atoms with Crippen LogP contribution >= 0.6 is 0 Å². The quantitative estimate of drug-likeness (QED) is 0.713. The van der Waals surface area contributed by atoms with Crippen molar-refractivity contribution in [1.29, 1.82) is 0 Å². The van der Waals surface area contributed by atoms with Gasteiger partial charge in [-0.2, -0.15) is 0 Å². The number of carboxylic acids is 1. The average molecular weight is 287 g/mol. The third-order valence-corrected chi connectivity index (χ3v) is 3.49. The molecule has 2 amide bonds. The number of hydrogen-bond donors (Lipinski definition) is 2. The normalized spacial score (nSPS) is 16.5. The standard InChI is InChI=1S/C13H25N3O4/c1-11(2)16(9-10-17)13(20)15-7-5-14(6-8-15)4-3-12(18)19/h11,17H,3-10H2,1-2H3,(H,18,19). The van der Waals surface area contributed by atoms with Crippen molar-refractivity contribution in [2.45, 2.75) is 26.3 Å². The fraction of sp³-hybridized carbons (Fsp3) is 0.846. The lowest BCUT2D eigenvalue weighted by molar-refractivity contribution is -0.137. The van der Waals surface area contributed by atoms with E-state index in [-0.39, 0.29) is 25.1 Å². The second kappa shape index (κ2) is 8.06. The maximum atomic E-state index is 12.3. The van der Waals surface area contributed by atoms with E-state index in [2.05, 4.69) is 4.90 Å². The highest BCUT2D eigenvalue weighted by atomic mass is 16.4. The number of carboxylic acid groups (broad SMARTS) is 1. The zero-order valence-electron chi connectivity index (χ0n) is 12.3. The maximum absolute atomic E-state index is 12.3. The van der Waals surface area contributed by atoms with Gasteiger partial charge in [-0.3, -0.25) is 9.69 Å². The van der Waals surface area contributed by atoms with Gasteiger partial charge in [0.1, 0.15) is 0 Å². The van der Waals surface area contributed by atoms with Gasteiger partial charge >= 0.3 is 12.0 Å². The molecule has 7 heteroatoms. The molecule has 1 aliphatic rings. The number of aliphatic hydroxyl groups excluding tert-OH is 1. The maximum Gasteiger partial charge on any atom is 0.320 e. The molecule has 1 saturated heterocycles. The number of piperazine rings is 1. The molecular formula is C13H25N3O4. The van der Waals surface area contributed by atoms with Crippen molar-refractivity contribution in [2.24, 2.45) is 0 Å². The molecule has 2 N–H and O–H groups in total. The molecule has 0 aromatic carbocycles. The highest BCUT2D eigenvalue weighted by molar-refractivity contribution is 5.75. The van der Waals surface area contributed by atoms with Gasteiger partial charge in [0.15, 0.2) is 0 Å². The number of aliphatic carboxylic acids is 1. The lowest BCUT2D eigenvalue weighted by atomic mass is 10.2. The molecule has 1 fully saturated rings. The highest BCUT2D eigenvalue weighted by Crippen LogP contribution is 2.09. The number of carbonyl (C=O) groups is 2. The van der Waals surface area contributed by atoms with Crippen LogP contribution in [0.2, 0.25) is 0 Å². The summed E-state index contributed by atoms with van der Waals surface area (Å²) in [5, 5.41) is 17.7. The van der Waals surface area contributed by atoms with Crippen molar-refractivity contribution in [3.63, 3.8) is 0 Å². The Kier molecular flexibility index (Phi) is 6.74. The Morgan fingerprint density at radius 1 is 1.20 bits per heavy atom. The van der Waals surface area contributed by atoms with Gasteiger partial charge in [-0.05, 0) is 13.8 Å². The second-order valence-corrected chi connectivity index (χ2v) is 5.27. The van der Waals surface area contributed by atoms with Gasteiger partial charge in [0.2, 0.25) is 0 Å². The van der Waals surface area contributed by atoms with E-state index in [0.717, 1.165) is 0 Å². The lowest BCUT2D eigenvalue weighted by Crippen LogP contribution is -2.54. The van der Waals surface area contributed by atoms with Crippen LogP contribution in [0.3, 0.4) is 0 Å². The molecule has 0 unspecified atom stereocenters. The first-order chi connectivity index (χ1) is 9.45. The molecule has 7 nitrogen and oxygen atoms in total. The monoisotopic (exact) mass is 287 g/mol. The number of rotatable bonds is 6. The summed E-state index contributed by atoms with van der Waals surface area (Å²) in [6, 6.07) is 0.00613. The van der Waals surface area contributed by atoms with E-state index in [1.54, 1.807) is 9.80 Å². The van der Waals surface area contributed by atoms with Gasteiger partial charge in [0, 0.05) is 45.3 Å². The molecule has 0 atom stereocenters. The topological polar surface area (TPSA) is 84.3 Å². The molecule has 1 heterocycles. The van der Waals surface area contributed by atoms with Crippen LogP contribution in [0.15, 0.2) is 0 Å². The third kappa shape index (κ3) is 4.97. The summed E-state index contributed by atoms with van der Waals surface area (Å²) in [7, 11) is 0. The number of amides is 2. The first-order valence-electron chi connectivity index (χ1n) is 7.06. The fourth-order valence-corrected chi connectivity index (χ4v) is 2.28. The summed E-state index contributed by atoms with van der Waals surface area (Å²) in [4.78, 5) is 28.3. The van der Waals surface area contributed by atoms with Gasteiger partial charge < -0.3 is 20.0 Å². The molecule has 0 radical (unpaired) electrons. The third-order valence-electron chi connectivity index (χ3n) is 3.49. The molecule has 0 aromatic rings. The van der Waals surface area contributed by atoms with Crippen molar-refractivity contribution in [3.8, 4) is 0 Å². The number of carbonyl (C=O) groups excluding carboxylic acids is 1. The smallest absolute Gasteiger partial charge is 0.320 e. The van der Waals surface area contributed by atoms with E-state index in [4.69, 9.17) is 10.2 Å². The van der Waals surface area contributed by atoms with Crippen molar-refractivity contribution in [1.82, 2.24) is 14.7 Å². The Labute approximate surface area is 119 Å². The highest BCUT2D eigenvalue weighted by Gasteiger charge is 2.26. The molecule has 0 saturated carbocycles. The van der Waals surface area contributed by atoms with Gasteiger partial charge in [0.25, 0.3) is 0 Å². The van der Waals surface area contributed by atoms with Crippen molar-refractivity contribution >= 4 is 12.0 Å². The first kappa shape index (κ1) is 16.7. The molecule has 0 bridgehead atoms. The van der Waals surface area contributed by atoms with Crippen molar-refractivity contribution < 1.29 is 19.8 Å². The number of hydrogen-bond acceptors (Lipinski definition) is 4. The van der Waals surface area contributed by atoms with Crippen LogP contribution in [-0.4, -0.2) is 88.8 Å². The molecular weight excluding hydrogens is 262 g/mol. The minimum absolute atomic E-state index is 0.0392. The predicted octanol–water partition coefficient (Wildman–Crippen LogP) is -0.0986. The Bertz CT molecular complexity index is 328. The molecule has 0 spiro atoms. The molecule has 0 aromatic heterocycles. The molecule has 0 aliphatic carbocycles. The van der Waals surface area contributed by atoms with Crippen molar-refractivity contribution in [3.05, 3.63) is 0 Å². The van der Waals surface area contributed by atoms with E-state index in [9.17, 15) is 9.59 Å². The Balaban J connectivity index is 2.43. The average Bonchev–Trinajstić information content (AvgIpc) is 2.42. The predicted molar refractivity (Wildman–Crippen MR) is 74.6 cm³/mol. The van der Waals surface area contributed by atoms with Gasteiger partial charge in [0.05, 0.1) is 13.0 Å². The summed E-state index contributed by atoms with van der Waals surface area (Å²) in [5.74, 6) is -0.794. The molecule has 1 rings (SSSR count). The zero-order valence-corrected chi connectivity index (χ0v) is 12.3. The van der Waals surface area contributed by atoms with Gasteiger partial charge in [-0.1, -0.05) is 0 Å². The molecule has 1 aliphatic heterocycles. The Morgan fingerprint density at radius 3 is 2.25 bits per heavy atom. The van der Waals surface area contributed by atoms with Gasteiger partial charge in [-0.15, -0.1) is 0 Å². The van der Waals surface area contributed by atoms with Crippen LogP contribution in [0.5, 0.6) is 0 Å². The van der Waals surface area contributed by atoms with Crippen LogP contribution in [0.4, 0.5) is 4.79 Å².